The van der Waals surface area contributed by atoms with Crippen LogP contribution in [0.25, 0.3) is 5.69 Å². The maximum absolute atomic E-state index is 12.2. The van der Waals surface area contributed by atoms with E-state index in [-0.39, 0.29) is 12.3 Å². The summed E-state index contributed by atoms with van der Waals surface area (Å²) in [5.74, 6) is -0.178. The minimum atomic E-state index is -0.178. The molecule has 0 saturated carbocycles. The predicted octanol–water partition coefficient (Wildman–Crippen LogP) is 3.15. The van der Waals surface area contributed by atoms with Crippen molar-refractivity contribution in [2.24, 2.45) is 0 Å². The first-order valence-corrected chi connectivity index (χ1v) is 7.44. The number of halogens is 2. The summed E-state index contributed by atoms with van der Waals surface area (Å²) in [6.07, 6.45) is 1.64. The zero-order chi connectivity index (χ0) is 16.2. The normalized spacial score (nSPS) is 10.5. The molecule has 1 aromatic heterocycles. The van der Waals surface area contributed by atoms with Crippen LogP contribution in [-0.2, 0) is 11.2 Å². The van der Waals surface area contributed by atoms with Crippen LogP contribution < -0.4 is 5.32 Å². The maximum atomic E-state index is 12.2. The molecule has 0 atom stereocenters. The Morgan fingerprint density at radius 3 is 2.78 bits per heavy atom. The first-order valence-electron chi connectivity index (χ1n) is 6.69. The number of aromatic nitrogens is 4. The smallest absolute Gasteiger partial charge is 0.228 e. The Morgan fingerprint density at radius 1 is 1.17 bits per heavy atom. The number of carbonyl (C=O) groups excluding carboxylic acids is 1. The van der Waals surface area contributed by atoms with E-state index in [2.05, 4.69) is 20.8 Å². The van der Waals surface area contributed by atoms with Crippen LogP contribution in [0.1, 0.15) is 5.56 Å². The van der Waals surface area contributed by atoms with Gasteiger partial charge in [0.2, 0.25) is 5.91 Å². The molecule has 0 spiro atoms. The molecule has 0 unspecified atom stereocenters. The molecular weight excluding hydrogens is 337 g/mol. The Morgan fingerprint density at radius 2 is 2.04 bits per heavy atom. The summed E-state index contributed by atoms with van der Waals surface area (Å²) in [6, 6.07) is 12.3. The van der Waals surface area contributed by atoms with E-state index in [1.165, 1.54) is 11.0 Å². The first-order chi connectivity index (χ1) is 11.1. The Bertz CT molecular complexity index is 836. The molecule has 3 rings (SSSR count). The zero-order valence-corrected chi connectivity index (χ0v) is 13.3. The van der Waals surface area contributed by atoms with Gasteiger partial charge in [0, 0.05) is 15.7 Å². The van der Waals surface area contributed by atoms with Gasteiger partial charge in [0.15, 0.2) is 0 Å². The van der Waals surface area contributed by atoms with Gasteiger partial charge < -0.3 is 5.32 Å². The lowest BCUT2D eigenvalue weighted by Gasteiger charge is -2.08. The van der Waals surface area contributed by atoms with Gasteiger partial charge in [-0.2, -0.15) is 0 Å². The van der Waals surface area contributed by atoms with Gasteiger partial charge in [0.05, 0.1) is 12.1 Å². The molecule has 0 bridgehead atoms. The number of benzene rings is 2. The topological polar surface area (TPSA) is 72.7 Å². The van der Waals surface area contributed by atoms with Crippen molar-refractivity contribution < 1.29 is 4.79 Å². The molecule has 0 aliphatic heterocycles. The summed E-state index contributed by atoms with van der Waals surface area (Å²) in [5.41, 5.74) is 2.11. The molecule has 0 aliphatic carbocycles. The molecule has 23 heavy (non-hydrogen) atoms. The summed E-state index contributed by atoms with van der Waals surface area (Å²) in [7, 11) is 0. The summed E-state index contributed by atoms with van der Waals surface area (Å²) in [6.45, 7) is 0. The molecule has 0 radical (unpaired) electrons. The van der Waals surface area contributed by atoms with Gasteiger partial charge >= 0.3 is 0 Å². The van der Waals surface area contributed by atoms with Crippen LogP contribution in [0.5, 0.6) is 0 Å². The number of amides is 1. The van der Waals surface area contributed by atoms with Crippen molar-refractivity contribution >= 4 is 34.8 Å². The summed E-state index contributed by atoms with van der Waals surface area (Å²) in [5, 5.41) is 14.8. The van der Waals surface area contributed by atoms with Crippen LogP contribution >= 0.6 is 23.2 Å². The molecule has 6 nitrogen and oxygen atoms in total. The van der Waals surface area contributed by atoms with Crippen molar-refractivity contribution in [2.75, 3.05) is 5.32 Å². The minimum Gasteiger partial charge on any atom is -0.326 e. The third kappa shape index (κ3) is 3.85. The van der Waals surface area contributed by atoms with E-state index in [1.807, 2.05) is 12.1 Å². The SMILES string of the molecule is O=C(Cc1ccc(Cl)cc1Cl)Nc1cccc(-n2cnnn2)c1. The quantitative estimate of drug-likeness (QED) is 0.786. The number of hydrogen-bond acceptors (Lipinski definition) is 4. The zero-order valence-electron chi connectivity index (χ0n) is 11.8. The third-order valence-corrected chi connectivity index (χ3v) is 3.70. The van der Waals surface area contributed by atoms with Crippen LogP contribution in [0, 0.1) is 0 Å². The first kappa shape index (κ1) is 15.5. The van der Waals surface area contributed by atoms with Gasteiger partial charge in [-0.3, -0.25) is 4.79 Å². The van der Waals surface area contributed by atoms with E-state index >= 15 is 0 Å². The lowest BCUT2D eigenvalue weighted by atomic mass is 10.1. The van der Waals surface area contributed by atoms with Crippen LogP contribution in [-0.4, -0.2) is 26.1 Å². The molecule has 0 saturated heterocycles. The van der Waals surface area contributed by atoms with Gasteiger partial charge in [0.1, 0.15) is 6.33 Å². The number of carbonyl (C=O) groups is 1. The standard InChI is InChI=1S/C15H11Cl2N5O/c16-11-5-4-10(14(17)7-11)6-15(23)19-12-2-1-3-13(8-12)22-9-18-20-21-22/h1-5,7-9H,6H2,(H,19,23). The monoisotopic (exact) mass is 347 g/mol. The van der Waals surface area contributed by atoms with Crippen LogP contribution in [0.2, 0.25) is 10.0 Å². The summed E-state index contributed by atoms with van der Waals surface area (Å²) >= 11 is 11.9. The highest BCUT2D eigenvalue weighted by molar-refractivity contribution is 6.35. The van der Waals surface area contributed by atoms with Gasteiger partial charge in [-0.05, 0) is 46.3 Å². The van der Waals surface area contributed by atoms with Crippen molar-refractivity contribution in [1.82, 2.24) is 20.2 Å². The highest BCUT2D eigenvalue weighted by Crippen LogP contribution is 2.22. The minimum absolute atomic E-state index is 0.158. The Hall–Kier alpha value is -2.44. The number of nitrogens with one attached hydrogen (secondary N) is 1. The molecule has 3 aromatic rings. The second-order valence-corrected chi connectivity index (χ2v) is 5.61. The molecule has 0 fully saturated rings. The number of rotatable bonds is 4. The molecule has 1 N–H and O–H groups in total. The van der Waals surface area contributed by atoms with E-state index in [1.54, 1.807) is 30.3 Å². The highest BCUT2D eigenvalue weighted by Gasteiger charge is 2.09. The Kier molecular flexibility index (Phi) is 4.55. The van der Waals surface area contributed by atoms with Crippen LogP contribution in [0.4, 0.5) is 5.69 Å². The van der Waals surface area contributed by atoms with Gasteiger partial charge in [-0.15, -0.1) is 5.10 Å². The van der Waals surface area contributed by atoms with E-state index < -0.39 is 0 Å². The van der Waals surface area contributed by atoms with Crippen molar-refractivity contribution in [3.63, 3.8) is 0 Å². The van der Waals surface area contributed by atoms with Crippen LogP contribution in [0.15, 0.2) is 48.8 Å². The molecule has 1 heterocycles. The van der Waals surface area contributed by atoms with Gasteiger partial charge in [-0.25, -0.2) is 4.68 Å². The number of anilines is 1. The fourth-order valence-electron chi connectivity index (χ4n) is 2.05. The van der Waals surface area contributed by atoms with Crippen molar-refractivity contribution in [2.45, 2.75) is 6.42 Å². The van der Waals surface area contributed by atoms with Crippen molar-refractivity contribution in [1.29, 1.82) is 0 Å². The van der Waals surface area contributed by atoms with E-state index in [9.17, 15) is 4.79 Å². The lowest BCUT2D eigenvalue weighted by molar-refractivity contribution is -0.115. The second-order valence-electron chi connectivity index (χ2n) is 4.77. The molecule has 2 aromatic carbocycles. The number of hydrogen-bond donors (Lipinski definition) is 1. The van der Waals surface area contributed by atoms with E-state index in [0.29, 0.717) is 21.3 Å². The molecule has 116 valence electrons. The molecule has 0 aliphatic rings. The lowest BCUT2D eigenvalue weighted by Crippen LogP contribution is -2.14. The fraction of sp³-hybridized carbons (Fsp3) is 0.0667. The Balaban J connectivity index is 1.72. The molecular formula is C15H11Cl2N5O. The average Bonchev–Trinajstić information content (AvgIpc) is 3.05. The molecule has 1 amide bonds. The second kappa shape index (κ2) is 6.76. The number of tetrazole rings is 1. The fourth-order valence-corrected chi connectivity index (χ4v) is 2.52. The van der Waals surface area contributed by atoms with Gasteiger partial charge in [-0.1, -0.05) is 35.3 Å². The van der Waals surface area contributed by atoms with E-state index in [0.717, 1.165) is 5.69 Å². The highest BCUT2D eigenvalue weighted by atomic mass is 35.5. The molecule has 8 heteroatoms. The predicted molar refractivity (Wildman–Crippen MR) is 87.9 cm³/mol. The van der Waals surface area contributed by atoms with Crippen LogP contribution in [0.3, 0.4) is 0 Å². The summed E-state index contributed by atoms with van der Waals surface area (Å²) in [4.78, 5) is 12.2. The third-order valence-electron chi connectivity index (χ3n) is 3.11. The van der Waals surface area contributed by atoms with Gasteiger partial charge in [0.25, 0.3) is 0 Å². The van der Waals surface area contributed by atoms with E-state index in [4.69, 9.17) is 23.2 Å². The number of nitrogens with zero attached hydrogens (tertiary/aromatic N) is 4. The summed E-state index contributed by atoms with van der Waals surface area (Å²) < 4.78 is 1.51. The van der Waals surface area contributed by atoms with Crippen molar-refractivity contribution in [3.8, 4) is 5.69 Å². The largest absolute Gasteiger partial charge is 0.326 e. The average molecular weight is 348 g/mol. The Labute approximate surface area is 142 Å². The maximum Gasteiger partial charge on any atom is 0.228 e. The van der Waals surface area contributed by atoms with Crippen molar-refractivity contribution in [3.05, 3.63) is 64.4 Å².